The fraction of sp³-hybridized carbons (Fsp3) is 0.400. The Morgan fingerprint density at radius 1 is 0.854 bits per heavy atom. The van der Waals surface area contributed by atoms with Crippen molar-refractivity contribution in [2.45, 2.75) is 91.5 Å². The average molecular weight is 654 g/mol. The lowest BCUT2D eigenvalue weighted by Crippen LogP contribution is -2.42. The molecule has 8 nitrogen and oxygen atoms in total. The molecule has 0 aliphatic heterocycles. The smallest absolute Gasteiger partial charge is 0.326 e. The van der Waals surface area contributed by atoms with Crippen LogP contribution in [0.15, 0.2) is 79.0 Å². The van der Waals surface area contributed by atoms with Gasteiger partial charge in [0.2, 0.25) is 5.88 Å². The number of aromatic nitrogens is 2. The molecule has 3 aromatic carbocycles. The SMILES string of the molecule is CC.CCCCCCCOc1ccc(-c2cnc(-c3ccc(CC(NC(=O)c4ccc(C(C)(C)C)cc4)C(=O)O)cc3)nc2OC)cc1. The monoisotopic (exact) mass is 653 g/mol. The molecule has 1 atom stereocenters. The van der Waals surface area contributed by atoms with Crippen molar-refractivity contribution in [2.24, 2.45) is 0 Å². The Kier molecular flexibility index (Phi) is 14.6. The molecule has 48 heavy (non-hydrogen) atoms. The van der Waals surface area contributed by atoms with E-state index >= 15 is 0 Å². The van der Waals surface area contributed by atoms with Crippen LogP contribution >= 0.6 is 0 Å². The fourth-order valence-electron chi connectivity index (χ4n) is 5.07. The van der Waals surface area contributed by atoms with Crippen LogP contribution in [-0.4, -0.2) is 46.7 Å². The molecule has 0 saturated heterocycles. The van der Waals surface area contributed by atoms with Gasteiger partial charge in [-0.1, -0.05) is 116 Å². The number of hydrogen-bond donors (Lipinski definition) is 2. The number of aliphatic carboxylic acids is 1. The normalized spacial score (nSPS) is 11.6. The van der Waals surface area contributed by atoms with Crippen LogP contribution < -0.4 is 14.8 Å². The molecule has 256 valence electrons. The molecule has 0 radical (unpaired) electrons. The van der Waals surface area contributed by atoms with Gasteiger partial charge >= 0.3 is 5.97 Å². The predicted octanol–water partition coefficient (Wildman–Crippen LogP) is 8.92. The molecule has 1 amide bonds. The third kappa shape index (κ3) is 10.9. The number of unbranched alkanes of at least 4 members (excludes halogenated alkanes) is 4. The van der Waals surface area contributed by atoms with Gasteiger partial charge in [0, 0.05) is 23.7 Å². The summed E-state index contributed by atoms with van der Waals surface area (Å²) in [6, 6.07) is 21.3. The highest BCUT2D eigenvalue weighted by Crippen LogP contribution is 2.31. The van der Waals surface area contributed by atoms with Crippen LogP contribution in [0.5, 0.6) is 11.6 Å². The van der Waals surface area contributed by atoms with E-state index in [9.17, 15) is 14.7 Å². The number of nitrogens with one attached hydrogen (secondary N) is 1. The fourth-order valence-corrected chi connectivity index (χ4v) is 5.07. The Balaban J connectivity index is 0.00000307. The molecule has 0 spiro atoms. The van der Waals surface area contributed by atoms with Gasteiger partial charge in [-0.15, -0.1) is 0 Å². The Morgan fingerprint density at radius 3 is 2.06 bits per heavy atom. The molecule has 1 unspecified atom stereocenters. The largest absolute Gasteiger partial charge is 0.494 e. The number of amides is 1. The third-order valence-corrected chi connectivity index (χ3v) is 7.90. The summed E-state index contributed by atoms with van der Waals surface area (Å²) in [5.74, 6) is 0.231. The van der Waals surface area contributed by atoms with E-state index in [1.54, 1.807) is 25.4 Å². The Labute approximate surface area is 286 Å². The minimum atomic E-state index is -1.10. The first-order valence-electron chi connectivity index (χ1n) is 17.0. The summed E-state index contributed by atoms with van der Waals surface area (Å²) < 4.78 is 11.5. The van der Waals surface area contributed by atoms with Crippen LogP contribution in [0, 0.1) is 0 Å². The van der Waals surface area contributed by atoms with E-state index in [0.29, 0.717) is 23.9 Å². The van der Waals surface area contributed by atoms with Crippen LogP contribution in [0.2, 0.25) is 0 Å². The summed E-state index contributed by atoms with van der Waals surface area (Å²) in [5.41, 5.74) is 4.66. The molecule has 0 saturated carbocycles. The summed E-state index contributed by atoms with van der Waals surface area (Å²) >= 11 is 0. The standard InChI is InChI=1S/C38H45N3O5.C2H6/c1-6-7-8-9-10-23-46-31-21-17-27(18-22-31)32-25-39-34(41-36(32)45-5)28-13-11-26(12-14-28)24-33(37(43)44)40-35(42)29-15-19-30(20-16-29)38(2,3)4;1-2/h11-22,25,33H,6-10,23-24H2,1-5H3,(H,40,42)(H,43,44);1-2H3. The molecule has 0 bridgehead atoms. The molecule has 4 rings (SSSR count). The lowest BCUT2D eigenvalue weighted by molar-refractivity contribution is -0.139. The number of ether oxygens (including phenoxy) is 2. The molecule has 4 aromatic rings. The highest BCUT2D eigenvalue weighted by molar-refractivity contribution is 5.96. The number of rotatable bonds is 15. The summed E-state index contributed by atoms with van der Waals surface area (Å²) in [6.07, 6.45) is 7.85. The third-order valence-electron chi connectivity index (χ3n) is 7.90. The van der Waals surface area contributed by atoms with Crippen LogP contribution in [0.3, 0.4) is 0 Å². The molecule has 0 aliphatic rings. The summed E-state index contributed by atoms with van der Waals surface area (Å²) in [5, 5.41) is 12.5. The van der Waals surface area contributed by atoms with Crippen LogP contribution in [-0.2, 0) is 16.6 Å². The molecular formula is C40H51N3O5. The van der Waals surface area contributed by atoms with E-state index in [-0.39, 0.29) is 11.8 Å². The second kappa shape index (κ2) is 18.6. The van der Waals surface area contributed by atoms with Gasteiger partial charge in [-0.2, -0.15) is 4.98 Å². The maximum absolute atomic E-state index is 12.8. The van der Waals surface area contributed by atoms with Gasteiger partial charge in [0.1, 0.15) is 11.8 Å². The van der Waals surface area contributed by atoms with Gasteiger partial charge in [-0.3, -0.25) is 4.79 Å². The first kappa shape index (κ1) is 37.7. The van der Waals surface area contributed by atoms with E-state index < -0.39 is 17.9 Å². The number of carboxylic acids is 1. The molecular weight excluding hydrogens is 602 g/mol. The van der Waals surface area contributed by atoms with Gasteiger partial charge in [0.25, 0.3) is 5.91 Å². The zero-order chi connectivity index (χ0) is 35.1. The Morgan fingerprint density at radius 2 is 1.48 bits per heavy atom. The predicted molar refractivity (Wildman–Crippen MR) is 193 cm³/mol. The summed E-state index contributed by atoms with van der Waals surface area (Å²) in [7, 11) is 1.58. The zero-order valence-electron chi connectivity index (χ0n) is 29.5. The van der Waals surface area contributed by atoms with E-state index in [4.69, 9.17) is 9.47 Å². The second-order valence-corrected chi connectivity index (χ2v) is 12.5. The van der Waals surface area contributed by atoms with Crippen molar-refractivity contribution in [1.29, 1.82) is 0 Å². The van der Waals surface area contributed by atoms with E-state index in [0.717, 1.165) is 40.0 Å². The molecule has 1 aromatic heterocycles. The van der Waals surface area contributed by atoms with Crippen molar-refractivity contribution in [3.05, 3.63) is 95.7 Å². The van der Waals surface area contributed by atoms with Crippen molar-refractivity contribution in [3.8, 4) is 34.1 Å². The van der Waals surface area contributed by atoms with Crippen molar-refractivity contribution < 1.29 is 24.2 Å². The van der Waals surface area contributed by atoms with Crippen molar-refractivity contribution in [3.63, 3.8) is 0 Å². The van der Waals surface area contributed by atoms with E-state index in [1.165, 1.54) is 25.7 Å². The number of carbonyl (C=O) groups excluding carboxylic acids is 1. The van der Waals surface area contributed by atoms with Crippen molar-refractivity contribution >= 4 is 11.9 Å². The highest BCUT2D eigenvalue weighted by atomic mass is 16.5. The molecule has 2 N–H and O–H groups in total. The molecule has 0 fully saturated rings. The van der Waals surface area contributed by atoms with Gasteiger partial charge in [-0.05, 0) is 52.8 Å². The maximum Gasteiger partial charge on any atom is 0.326 e. The maximum atomic E-state index is 12.8. The molecule has 0 aliphatic carbocycles. The average Bonchev–Trinajstić information content (AvgIpc) is 3.10. The number of benzene rings is 3. The number of nitrogens with zero attached hydrogens (tertiary/aromatic N) is 2. The van der Waals surface area contributed by atoms with E-state index in [1.807, 2.05) is 74.5 Å². The lowest BCUT2D eigenvalue weighted by Gasteiger charge is -2.19. The van der Waals surface area contributed by atoms with Gasteiger partial charge in [0.15, 0.2) is 5.82 Å². The second-order valence-electron chi connectivity index (χ2n) is 12.5. The zero-order valence-corrected chi connectivity index (χ0v) is 29.5. The van der Waals surface area contributed by atoms with E-state index in [2.05, 4.69) is 43.0 Å². The van der Waals surface area contributed by atoms with Crippen molar-refractivity contribution in [1.82, 2.24) is 15.3 Å². The highest BCUT2D eigenvalue weighted by Gasteiger charge is 2.22. The first-order valence-corrected chi connectivity index (χ1v) is 17.0. The van der Waals surface area contributed by atoms with Crippen LogP contribution in [0.4, 0.5) is 0 Å². The number of hydrogen-bond acceptors (Lipinski definition) is 6. The number of methoxy groups -OCH3 is 1. The number of carboxylic acid groups (broad SMARTS) is 1. The lowest BCUT2D eigenvalue weighted by atomic mass is 9.86. The Hall–Kier alpha value is -4.72. The van der Waals surface area contributed by atoms with Crippen LogP contribution in [0.1, 0.15) is 95.1 Å². The summed E-state index contributed by atoms with van der Waals surface area (Å²) in [4.78, 5) is 34.1. The van der Waals surface area contributed by atoms with Gasteiger partial charge in [0.05, 0.1) is 19.3 Å². The van der Waals surface area contributed by atoms with Gasteiger partial charge in [-0.25, -0.2) is 9.78 Å². The minimum absolute atomic E-state index is 0.0440. The van der Waals surface area contributed by atoms with Crippen LogP contribution in [0.25, 0.3) is 22.5 Å². The number of carbonyl (C=O) groups is 2. The van der Waals surface area contributed by atoms with Crippen molar-refractivity contribution in [2.75, 3.05) is 13.7 Å². The summed E-state index contributed by atoms with van der Waals surface area (Å²) in [6.45, 7) is 13.2. The topological polar surface area (TPSA) is 111 Å². The minimum Gasteiger partial charge on any atom is -0.494 e. The molecule has 8 heteroatoms. The first-order chi connectivity index (χ1) is 23.1. The quantitative estimate of drug-likeness (QED) is 0.123. The molecule has 1 heterocycles. The Bertz CT molecular complexity index is 1580. The van der Waals surface area contributed by atoms with Gasteiger partial charge < -0.3 is 19.9 Å².